The summed E-state index contributed by atoms with van der Waals surface area (Å²) in [5, 5.41) is 17.1. The molecule has 0 bridgehead atoms. The van der Waals surface area contributed by atoms with Crippen molar-refractivity contribution >= 4 is 5.71 Å². The molecule has 0 aliphatic carbocycles. The van der Waals surface area contributed by atoms with E-state index in [2.05, 4.69) is 19.9 Å². The van der Waals surface area contributed by atoms with Crippen molar-refractivity contribution in [3.63, 3.8) is 0 Å². The molecule has 2 heterocycles. The van der Waals surface area contributed by atoms with Gasteiger partial charge in [0.25, 0.3) is 0 Å². The van der Waals surface area contributed by atoms with E-state index in [-0.39, 0.29) is 23.9 Å². The van der Waals surface area contributed by atoms with E-state index in [1.54, 1.807) is 13.2 Å². The number of methoxy groups -OCH3 is 1. The Morgan fingerprint density at radius 2 is 2.00 bits per heavy atom. The maximum atomic E-state index is 10.2. The van der Waals surface area contributed by atoms with E-state index in [0.717, 1.165) is 34.8 Å². The lowest BCUT2D eigenvalue weighted by atomic mass is 9.95. The van der Waals surface area contributed by atoms with Gasteiger partial charge in [-0.1, -0.05) is 38.1 Å². The number of hydrogen-bond acceptors (Lipinski definition) is 5. The zero-order valence-corrected chi connectivity index (χ0v) is 14.6. The molecule has 25 heavy (non-hydrogen) atoms. The zero-order valence-electron chi connectivity index (χ0n) is 14.6. The van der Waals surface area contributed by atoms with Crippen LogP contribution in [0.3, 0.4) is 0 Å². The third kappa shape index (κ3) is 2.51. The molecule has 5 nitrogen and oxygen atoms in total. The van der Waals surface area contributed by atoms with Gasteiger partial charge in [-0.15, -0.1) is 0 Å². The molecule has 2 aliphatic heterocycles. The lowest BCUT2D eigenvalue weighted by molar-refractivity contribution is -0.0476. The van der Waals surface area contributed by atoms with Crippen molar-refractivity contribution in [2.24, 2.45) is 11.0 Å². The second-order valence-corrected chi connectivity index (χ2v) is 6.79. The molecule has 0 radical (unpaired) electrons. The monoisotopic (exact) mass is 338 g/mol. The number of fused-ring (bicyclic) bond motifs is 3. The topological polar surface area (TPSA) is 54.3 Å². The fourth-order valence-electron chi connectivity index (χ4n) is 3.59. The Labute approximate surface area is 147 Å². The van der Waals surface area contributed by atoms with Gasteiger partial charge in [0.05, 0.1) is 18.9 Å². The average molecular weight is 338 g/mol. The van der Waals surface area contributed by atoms with Crippen LogP contribution in [0.4, 0.5) is 0 Å². The Bertz CT molecular complexity index is 831. The highest BCUT2D eigenvalue weighted by Gasteiger charge is 2.42. The smallest absolute Gasteiger partial charge is 0.190 e. The first-order valence-corrected chi connectivity index (χ1v) is 8.58. The molecule has 2 aromatic rings. The summed E-state index contributed by atoms with van der Waals surface area (Å²) in [4.78, 5) is 0. The number of phenols is 1. The fraction of sp³-hybridized carbons (Fsp3) is 0.350. The Morgan fingerprint density at radius 3 is 2.72 bits per heavy atom. The molecule has 130 valence electrons. The van der Waals surface area contributed by atoms with E-state index in [0.29, 0.717) is 0 Å². The summed E-state index contributed by atoms with van der Waals surface area (Å²) in [6.07, 6.45) is 0.557. The maximum Gasteiger partial charge on any atom is 0.190 e. The standard InChI is InChI=1S/C20H22N2O3/c1-12(2)20-22-16(14-8-6-10-18(24-3)19(14)25-20)11-15(21-22)13-7-4-5-9-17(13)23/h4-10,12,16,20,23H,11H2,1-3H3. The van der Waals surface area contributed by atoms with Crippen LogP contribution in [0, 0.1) is 5.92 Å². The second-order valence-electron chi connectivity index (χ2n) is 6.79. The van der Waals surface area contributed by atoms with Crippen molar-refractivity contribution in [1.29, 1.82) is 0 Å². The molecule has 0 spiro atoms. The van der Waals surface area contributed by atoms with Crippen LogP contribution in [-0.4, -0.2) is 29.2 Å². The minimum absolute atomic E-state index is 0.0841. The van der Waals surface area contributed by atoms with E-state index in [1.165, 1.54) is 0 Å². The largest absolute Gasteiger partial charge is 0.507 e. The summed E-state index contributed by atoms with van der Waals surface area (Å²) in [6, 6.07) is 13.4. The molecule has 2 atom stereocenters. The first-order chi connectivity index (χ1) is 12.1. The van der Waals surface area contributed by atoms with E-state index < -0.39 is 0 Å². The Hall–Kier alpha value is -2.69. The van der Waals surface area contributed by atoms with Crippen LogP contribution in [0.1, 0.15) is 37.4 Å². The van der Waals surface area contributed by atoms with Gasteiger partial charge in [0.2, 0.25) is 0 Å². The van der Waals surface area contributed by atoms with Crippen LogP contribution < -0.4 is 9.47 Å². The third-order valence-corrected chi connectivity index (χ3v) is 4.82. The molecule has 0 aromatic heterocycles. The minimum atomic E-state index is -0.169. The van der Waals surface area contributed by atoms with Crippen molar-refractivity contribution in [2.75, 3.05) is 7.11 Å². The minimum Gasteiger partial charge on any atom is -0.507 e. The number of benzene rings is 2. The molecule has 2 unspecified atom stereocenters. The van der Waals surface area contributed by atoms with E-state index in [9.17, 15) is 5.11 Å². The Balaban J connectivity index is 1.79. The molecule has 1 N–H and O–H groups in total. The lowest BCUT2D eigenvalue weighted by Crippen LogP contribution is -2.43. The Kier molecular flexibility index (Phi) is 3.79. The zero-order chi connectivity index (χ0) is 17.6. The average Bonchev–Trinajstić information content (AvgIpc) is 3.05. The van der Waals surface area contributed by atoms with Crippen LogP contribution in [-0.2, 0) is 0 Å². The first kappa shape index (κ1) is 15.8. The SMILES string of the molecule is COc1cccc2c1OC(C(C)C)N1N=C(c3ccccc3O)CC21. The number of hydrazone groups is 1. The molecule has 2 aromatic carbocycles. The van der Waals surface area contributed by atoms with E-state index in [4.69, 9.17) is 14.6 Å². The molecule has 0 saturated heterocycles. The van der Waals surface area contributed by atoms with Gasteiger partial charge < -0.3 is 14.6 Å². The van der Waals surface area contributed by atoms with E-state index in [1.807, 2.05) is 35.3 Å². The number of hydrogen-bond donors (Lipinski definition) is 1. The quantitative estimate of drug-likeness (QED) is 0.921. The summed E-state index contributed by atoms with van der Waals surface area (Å²) in [5.74, 6) is 2.07. The van der Waals surface area contributed by atoms with Crippen LogP contribution in [0.5, 0.6) is 17.2 Å². The summed E-state index contributed by atoms with van der Waals surface area (Å²) in [6.45, 7) is 4.24. The van der Waals surface area contributed by atoms with Crippen molar-refractivity contribution in [2.45, 2.75) is 32.5 Å². The number of aromatic hydroxyl groups is 1. The molecule has 0 fully saturated rings. The summed E-state index contributed by atoms with van der Waals surface area (Å²) >= 11 is 0. The summed E-state index contributed by atoms with van der Waals surface area (Å²) in [5.41, 5.74) is 2.74. The maximum absolute atomic E-state index is 10.2. The molecule has 0 saturated carbocycles. The number of para-hydroxylation sites is 2. The van der Waals surface area contributed by atoms with Crippen LogP contribution in [0.2, 0.25) is 0 Å². The van der Waals surface area contributed by atoms with Gasteiger partial charge in [-0.05, 0) is 18.2 Å². The lowest BCUT2D eigenvalue weighted by Gasteiger charge is -2.40. The molecule has 4 rings (SSSR count). The van der Waals surface area contributed by atoms with Crippen molar-refractivity contribution in [1.82, 2.24) is 5.01 Å². The van der Waals surface area contributed by atoms with Gasteiger partial charge in [-0.25, -0.2) is 5.01 Å². The first-order valence-electron chi connectivity index (χ1n) is 8.58. The predicted octanol–water partition coefficient (Wildman–Crippen LogP) is 3.93. The van der Waals surface area contributed by atoms with Gasteiger partial charge in [-0.2, -0.15) is 5.10 Å². The molecular weight excluding hydrogens is 316 g/mol. The number of phenolic OH excluding ortho intramolecular Hbond substituents is 1. The highest BCUT2D eigenvalue weighted by atomic mass is 16.5. The Morgan fingerprint density at radius 1 is 1.20 bits per heavy atom. The van der Waals surface area contributed by atoms with Crippen LogP contribution in [0.15, 0.2) is 47.6 Å². The molecular formula is C20H22N2O3. The van der Waals surface area contributed by atoms with Gasteiger partial charge in [0.15, 0.2) is 17.7 Å². The molecule has 2 aliphatic rings. The normalized spacial score (nSPS) is 21.4. The van der Waals surface area contributed by atoms with Crippen molar-refractivity contribution in [3.05, 3.63) is 53.6 Å². The van der Waals surface area contributed by atoms with Gasteiger partial charge in [-0.3, -0.25) is 0 Å². The summed E-state index contributed by atoms with van der Waals surface area (Å²) < 4.78 is 11.8. The predicted molar refractivity (Wildman–Crippen MR) is 96.1 cm³/mol. The van der Waals surface area contributed by atoms with Crippen LogP contribution >= 0.6 is 0 Å². The number of nitrogens with zero attached hydrogens (tertiary/aromatic N) is 2. The second kappa shape index (κ2) is 5.99. The number of rotatable bonds is 3. The highest BCUT2D eigenvalue weighted by molar-refractivity contribution is 6.04. The summed E-state index contributed by atoms with van der Waals surface area (Å²) in [7, 11) is 1.66. The highest BCUT2D eigenvalue weighted by Crippen LogP contribution is 2.48. The van der Waals surface area contributed by atoms with E-state index >= 15 is 0 Å². The van der Waals surface area contributed by atoms with Gasteiger partial charge in [0, 0.05) is 23.5 Å². The van der Waals surface area contributed by atoms with Gasteiger partial charge in [0.1, 0.15) is 5.75 Å². The van der Waals surface area contributed by atoms with Gasteiger partial charge >= 0.3 is 0 Å². The molecule has 0 amide bonds. The third-order valence-electron chi connectivity index (χ3n) is 4.82. The van der Waals surface area contributed by atoms with Crippen molar-refractivity contribution in [3.8, 4) is 17.2 Å². The van der Waals surface area contributed by atoms with Crippen molar-refractivity contribution < 1.29 is 14.6 Å². The number of ether oxygens (including phenoxy) is 2. The molecule has 5 heteroatoms. The fourth-order valence-corrected chi connectivity index (χ4v) is 3.59. The van der Waals surface area contributed by atoms with Crippen LogP contribution in [0.25, 0.3) is 0 Å².